The fourth-order valence-corrected chi connectivity index (χ4v) is 2.88. The molecule has 1 aliphatic heterocycles. The first kappa shape index (κ1) is 13.7. The van der Waals surface area contributed by atoms with Crippen LogP contribution in [-0.2, 0) is 0 Å². The SMILES string of the molecule is CC(C)c1ccccc1N1C=C(c2ccccc2)N(C)C1. The summed E-state index contributed by atoms with van der Waals surface area (Å²) in [5.74, 6) is 0.528. The molecule has 21 heavy (non-hydrogen) atoms. The molecule has 0 saturated heterocycles. The first-order chi connectivity index (χ1) is 10.2. The van der Waals surface area contributed by atoms with Crippen molar-refractivity contribution < 1.29 is 0 Å². The summed E-state index contributed by atoms with van der Waals surface area (Å²) in [7, 11) is 2.15. The topological polar surface area (TPSA) is 6.48 Å². The van der Waals surface area contributed by atoms with Crippen LogP contribution in [0.2, 0.25) is 0 Å². The number of hydrogen-bond acceptors (Lipinski definition) is 2. The third kappa shape index (κ3) is 2.66. The van der Waals surface area contributed by atoms with Gasteiger partial charge in [-0.1, -0.05) is 62.4 Å². The minimum absolute atomic E-state index is 0.528. The molecule has 0 aromatic heterocycles. The van der Waals surface area contributed by atoms with Gasteiger partial charge in [-0.2, -0.15) is 0 Å². The van der Waals surface area contributed by atoms with E-state index in [4.69, 9.17) is 0 Å². The van der Waals surface area contributed by atoms with Crippen LogP contribution in [0.5, 0.6) is 0 Å². The van der Waals surface area contributed by atoms with Gasteiger partial charge in [-0.3, -0.25) is 0 Å². The number of anilines is 1. The third-order valence-corrected chi connectivity index (χ3v) is 3.99. The molecular weight excluding hydrogens is 256 g/mol. The molecule has 0 amide bonds. The monoisotopic (exact) mass is 278 g/mol. The maximum atomic E-state index is 2.34. The van der Waals surface area contributed by atoms with E-state index in [0.717, 1.165) is 6.67 Å². The first-order valence-electron chi connectivity index (χ1n) is 7.51. The van der Waals surface area contributed by atoms with Gasteiger partial charge in [-0.05, 0) is 23.1 Å². The van der Waals surface area contributed by atoms with E-state index in [1.165, 1.54) is 22.5 Å². The number of nitrogens with zero attached hydrogens (tertiary/aromatic N) is 2. The van der Waals surface area contributed by atoms with Crippen LogP contribution < -0.4 is 4.90 Å². The Labute approximate surface area is 127 Å². The first-order valence-corrected chi connectivity index (χ1v) is 7.51. The molecule has 0 unspecified atom stereocenters. The van der Waals surface area contributed by atoms with Gasteiger partial charge in [0.05, 0.1) is 12.4 Å². The van der Waals surface area contributed by atoms with E-state index in [2.05, 4.69) is 91.5 Å². The average molecular weight is 278 g/mol. The molecule has 2 aromatic rings. The Morgan fingerprint density at radius 1 is 0.905 bits per heavy atom. The highest BCUT2D eigenvalue weighted by Crippen LogP contribution is 2.33. The standard InChI is InChI=1S/C19H22N2/c1-15(2)17-11-7-8-12-18(17)21-13-19(20(3)14-21)16-9-5-4-6-10-16/h4-13,15H,14H2,1-3H3. The third-order valence-electron chi connectivity index (χ3n) is 3.99. The fraction of sp³-hybridized carbons (Fsp3) is 0.263. The zero-order valence-electron chi connectivity index (χ0n) is 13.0. The summed E-state index contributed by atoms with van der Waals surface area (Å²) in [4.78, 5) is 4.64. The molecule has 0 radical (unpaired) electrons. The summed E-state index contributed by atoms with van der Waals surface area (Å²) in [6, 6.07) is 19.3. The number of hydrogen-bond donors (Lipinski definition) is 0. The van der Waals surface area contributed by atoms with Gasteiger partial charge in [-0.15, -0.1) is 0 Å². The Morgan fingerprint density at radius 2 is 1.57 bits per heavy atom. The Morgan fingerprint density at radius 3 is 2.29 bits per heavy atom. The maximum absolute atomic E-state index is 2.34. The van der Waals surface area contributed by atoms with Gasteiger partial charge in [0.25, 0.3) is 0 Å². The van der Waals surface area contributed by atoms with Crippen LogP contribution in [0.25, 0.3) is 5.70 Å². The lowest BCUT2D eigenvalue weighted by Crippen LogP contribution is -2.23. The molecule has 0 saturated carbocycles. The lowest BCUT2D eigenvalue weighted by Gasteiger charge is -2.23. The zero-order chi connectivity index (χ0) is 14.8. The van der Waals surface area contributed by atoms with E-state index in [1.807, 2.05) is 0 Å². The van der Waals surface area contributed by atoms with Gasteiger partial charge in [0, 0.05) is 18.9 Å². The van der Waals surface area contributed by atoms with Crippen LogP contribution in [0, 0.1) is 0 Å². The van der Waals surface area contributed by atoms with Gasteiger partial charge < -0.3 is 9.80 Å². The van der Waals surface area contributed by atoms with Crippen molar-refractivity contribution in [3.63, 3.8) is 0 Å². The molecule has 0 atom stereocenters. The highest BCUT2D eigenvalue weighted by molar-refractivity contribution is 5.72. The number of para-hydroxylation sites is 1. The van der Waals surface area contributed by atoms with Crippen LogP contribution in [0.15, 0.2) is 60.8 Å². The molecule has 2 nitrogen and oxygen atoms in total. The number of benzene rings is 2. The van der Waals surface area contributed by atoms with Crippen molar-refractivity contribution in [2.24, 2.45) is 0 Å². The average Bonchev–Trinajstić information content (AvgIpc) is 2.90. The van der Waals surface area contributed by atoms with Crippen LogP contribution in [0.1, 0.15) is 30.9 Å². The van der Waals surface area contributed by atoms with Gasteiger partial charge in [0.2, 0.25) is 0 Å². The molecular formula is C19H22N2. The quantitative estimate of drug-likeness (QED) is 0.814. The second-order valence-electron chi connectivity index (χ2n) is 5.90. The van der Waals surface area contributed by atoms with E-state index in [1.54, 1.807) is 0 Å². The van der Waals surface area contributed by atoms with Crippen molar-refractivity contribution in [3.8, 4) is 0 Å². The molecule has 1 aliphatic rings. The number of rotatable bonds is 3. The van der Waals surface area contributed by atoms with Crippen LogP contribution in [0.3, 0.4) is 0 Å². The van der Waals surface area contributed by atoms with Gasteiger partial charge in [0.15, 0.2) is 0 Å². The minimum Gasteiger partial charge on any atom is -0.355 e. The summed E-state index contributed by atoms with van der Waals surface area (Å²) in [6.07, 6.45) is 2.26. The van der Waals surface area contributed by atoms with Crippen molar-refractivity contribution in [1.82, 2.24) is 4.90 Å². The molecule has 1 heterocycles. The largest absolute Gasteiger partial charge is 0.355 e. The Hall–Kier alpha value is -2.22. The second kappa shape index (κ2) is 5.65. The van der Waals surface area contributed by atoms with Crippen LogP contribution in [0.4, 0.5) is 5.69 Å². The summed E-state index contributed by atoms with van der Waals surface area (Å²) in [5, 5.41) is 0. The summed E-state index contributed by atoms with van der Waals surface area (Å²) < 4.78 is 0. The van der Waals surface area contributed by atoms with E-state index in [0.29, 0.717) is 5.92 Å². The highest BCUT2D eigenvalue weighted by atomic mass is 15.3. The minimum atomic E-state index is 0.528. The Kier molecular flexibility index (Phi) is 3.70. The van der Waals surface area contributed by atoms with Gasteiger partial charge in [-0.25, -0.2) is 0 Å². The van der Waals surface area contributed by atoms with Crippen molar-refractivity contribution in [2.75, 3.05) is 18.6 Å². The maximum Gasteiger partial charge on any atom is 0.0944 e. The van der Waals surface area contributed by atoms with Gasteiger partial charge >= 0.3 is 0 Å². The van der Waals surface area contributed by atoms with E-state index in [9.17, 15) is 0 Å². The van der Waals surface area contributed by atoms with Crippen molar-refractivity contribution >= 4 is 11.4 Å². The predicted octanol–water partition coefficient (Wildman–Crippen LogP) is 4.52. The van der Waals surface area contributed by atoms with Crippen LogP contribution >= 0.6 is 0 Å². The molecule has 0 spiro atoms. The molecule has 2 aromatic carbocycles. The Bertz CT molecular complexity index is 644. The summed E-state index contributed by atoms with van der Waals surface area (Å²) in [5.41, 5.74) is 5.25. The summed E-state index contributed by atoms with van der Waals surface area (Å²) >= 11 is 0. The molecule has 0 aliphatic carbocycles. The van der Waals surface area contributed by atoms with E-state index >= 15 is 0 Å². The molecule has 3 rings (SSSR count). The van der Waals surface area contributed by atoms with Gasteiger partial charge in [0.1, 0.15) is 0 Å². The van der Waals surface area contributed by atoms with Crippen molar-refractivity contribution in [1.29, 1.82) is 0 Å². The van der Waals surface area contributed by atoms with Crippen LogP contribution in [-0.4, -0.2) is 18.6 Å². The fourth-order valence-electron chi connectivity index (χ4n) is 2.88. The molecule has 0 fully saturated rings. The second-order valence-corrected chi connectivity index (χ2v) is 5.90. The van der Waals surface area contributed by atoms with Crippen molar-refractivity contribution in [3.05, 3.63) is 71.9 Å². The molecule has 2 heteroatoms. The Balaban J connectivity index is 1.97. The van der Waals surface area contributed by atoms with E-state index in [-0.39, 0.29) is 0 Å². The zero-order valence-corrected chi connectivity index (χ0v) is 13.0. The molecule has 108 valence electrons. The molecule has 0 N–H and O–H groups in total. The highest BCUT2D eigenvalue weighted by Gasteiger charge is 2.21. The smallest absolute Gasteiger partial charge is 0.0944 e. The molecule has 0 bridgehead atoms. The van der Waals surface area contributed by atoms with Crippen molar-refractivity contribution in [2.45, 2.75) is 19.8 Å². The lowest BCUT2D eigenvalue weighted by molar-refractivity contribution is 0.516. The van der Waals surface area contributed by atoms with E-state index < -0.39 is 0 Å². The predicted molar refractivity (Wildman–Crippen MR) is 90.1 cm³/mol. The summed E-state index contributed by atoms with van der Waals surface area (Å²) in [6.45, 7) is 5.40. The normalized spacial score (nSPS) is 14.8. The lowest BCUT2D eigenvalue weighted by atomic mass is 10.0.